The second-order valence-corrected chi connectivity index (χ2v) is 13.8. The maximum absolute atomic E-state index is 13.9. The lowest BCUT2D eigenvalue weighted by atomic mass is 9.90. The van der Waals surface area contributed by atoms with Crippen molar-refractivity contribution in [1.29, 1.82) is 0 Å². The molecule has 3 aromatic carbocycles. The van der Waals surface area contributed by atoms with E-state index in [-0.39, 0.29) is 50.0 Å². The van der Waals surface area contributed by atoms with Gasteiger partial charge in [0.25, 0.3) is 11.2 Å². The molecule has 1 aliphatic heterocycles. The monoisotopic (exact) mass is 675 g/mol. The molecule has 4 aromatic rings. The molecular formula is C34H37N5O8S. The average Bonchev–Trinajstić information content (AvgIpc) is 3.12. The molecule has 0 unspecified atom stereocenters. The van der Waals surface area contributed by atoms with Crippen molar-refractivity contribution in [2.75, 3.05) is 43.1 Å². The lowest BCUT2D eigenvalue weighted by Crippen LogP contribution is -2.47. The molecule has 0 bridgehead atoms. The molecule has 0 aliphatic carbocycles. The molecule has 0 spiro atoms. The number of hydrogen-bond donors (Lipinski definition) is 0. The van der Waals surface area contributed by atoms with Crippen LogP contribution < -0.4 is 20.1 Å². The van der Waals surface area contributed by atoms with E-state index in [1.54, 1.807) is 68.4 Å². The number of aromatic nitrogens is 1. The van der Waals surface area contributed by atoms with E-state index in [2.05, 4.69) is 0 Å². The highest BCUT2D eigenvalue weighted by Gasteiger charge is 2.45. The molecule has 0 atom stereocenters. The lowest BCUT2D eigenvalue weighted by molar-refractivity contribution is -0.387. The van der Waals surface area contributed by atoms with Gasteiger partial charge in [-0.3, -0.25) is 24.5 Å². The second kappa shape index (κ2) is 13.6. The number of rotatable bonds is 12. The molecule has 13 nitrogen and oxygen atoms in total. The van der Waals surface area contributed by atoms with Gasteiger partial charge in [0, 0.05) is 56.9 Å². The Balaban J connectivity index is 1.37. The highest BCUT2D eigenvalue weighted by Crippen LogP contribution is 2.40. The van der Waals surface area contributed by atoms with Crippen LogP contribution in [-0.2, 0) is 26.2 Å². The third-order valence-electron chi connectivity index (χ3n) is 8.51. The van der Waals surface area contributed by atoms with Crippen molar-refractivity contribution >= 4 is 49.7 Å². The summed E-state index contributed by atoms with van der Waals surface area (Å²) >= 11 is 0. The number of carbonyl (C=O) groups excluding carboxylic acids is 2. The molecule has 2 heterocycles. The van der Waals surface area contributed by atoms with Crippen molar-refractivity contribution in [1.82, 2.24) is 8.87 Å². The van der Waals surface area contributed by atoms with Crippen molar-refractivity contribution < 1.29 is 27.7 Å². The van der Waals surface area contributed by atoms with E-state index in [4.69, 9.17) is 4.74 Å². The van der Waals surface area contributed by atoms with Gasteiger partial charge in [0.2, 0.25) is 21.8 Å². The topological polar surface area (TPSA) is 152 Å². The fraction of sp³-hybridized carbons (Fsp3) is 0.324. The fourth-order valence-corrected chi connectivity index (χ4v) is 7.47. The van der Waals surface area contributed by atoms with Gasteiger partial charge in [-0.1, -0.05) is 30.3 Å². The first-order valence-corrected chi connectivity index (χ1v) is 16.9. The van der Waals surface area contributed by atoms with Crippen LogP contribution in [0.4, 0.5) is 17.1 Å². The van der Waals surface area contributed by atoms with Gasteiger partial charge in [-0.05, 0) is 62.9 Å². The summed E-state index contributed by atoms with van der Waals surface area (Å²) in [5.41, 5.74) is -1.02. The summed E-state index contributed by atoms with van der Waals surface area (Å²) in [6.45, 7) is 5.28. The second-order valence-electron chi connectivity index (χ2n) is 11.9. The number of amides is 2. The van der Waals surface area contributed by atoms with Crippen LogP contribution in [0.15, 0.2) is 88.7 Å². The summed E-state index contributed by atoms with van der Waals surface area (Å²) in [5, 5.41) is 13.0. The minimum atomic E-state index is -4.36. The fourth-order valence-electron chi connectivity index (χ4n) is 5.84. The number of hydrogen-bond acceptors (Lipinski definition) is 8. The molecular weight excluding hydrogens is 638 g/mol. The quantitative estimate of drug-likeness (QED) is 0.0926. The average molecular weight is 676 g/mol. The van der Waals surface area contributed by atoms with Gasteiger partial charge in [0.1, 0.15) is 11.2 Å². The standard InChI is InChI=1S/C34H37N5O8S/c1-5-38-27-16-15-25(23-29(27)35(4)32(41)34(2,3)33(38)42)47-22-10-18-37(48(45,46)30-14-9-8-13-28(30)39(43)44)21-20-36-19-17-24-11-6-7-12-26(24)31(36)40/h6-9,11-17,19,23H,5,10,18,20-22H2,1-4H3. The van der Waals surface area contributed by atoms with Crippen LogP contribution in [0.25, 0.3) is 10.8 Å². The van der Waals surface area contributed by atoms with Gasteiger partial charge in [0.05, 0.1) is 22.9 Å². The van der Waals surface area contributed by atoms with E-state index < -0.39 is 30.9 Å². The van der Waals surface area contributed by atoms with Crippen molar-refractivity contribution in [3.05, 3.63) is 99.5 Å². The van der Waals surface area contributed by atoms with Crippen molar-refractivity contribution in [2.24, 2.45) is 5.41 Å². The highest BCUT2D eigenvalue weighted by molar-refractivity contribution is 7.89. The number of carbonyl (C=O) groups is 2. The predicted molar refractivity (Wildman–Crippen MR) is 182 cm³/mol. The number of sulfonamides is 1. The van der Waals surface area contributed by atoms with E-state index in [1.807, 2.05) is 19.1 Å². The van der Waals surface area contributed by atoms with E-state index >= 15 is 0 Å². The molecule has 14 heteroatoms. The van der Waals surface area contributed by atoms with E-state index in [9.17, 15) is 32.9 Å². The SMILES string of the molecule is CCN1C(=O)C(C)(C)C(=O)N(C)c2cc(OCCCN(CCn3ccc4ccccc4c3=O)S(=O)(=O)c3ccccc3[N+](=O)[O-])ccc21. The molecule has 2 amide bonds. The molecule has 48 heavy (non-hydrogen) atoms. The predicted octanol–water partition coefficient (Wildman–Crippen LogP) is 4.43. The summed E-state index contributed by atoms with van der Waals surface area (Å²) < 4.78 is 36.2. The maximum Gasteiger partial charge on any atom is 0.289 e. The number of nitro benzene ring substituents is 1. The van der Waals surface area contributed by atoms with Crippen LogP contribution in [0.2, 0.25) is 0 Å². The number of fused-ring (bicyclic) bond motifs is 2. The molecule has 0 N–H and O–H groups in total. The Hall–Kier alpha value is -5.08. The van der Waals surface area contributed by atoms with Gasteiger partial charge in [-0.2, -0.15) is 4.31 Å². The third kappa shape index (κ3) is 6.40. The van der Waals surface area contributed by atoms with E-state index in [0.717, 1.165) is 15.8 Å². The maximum atomic E-state index is 13.9. The first-order chi connectivity index (χ1) is 22.8. The molecule has 1 aliphatic rings. The molecule has 0 radical (unpaired) electrons. The number of para-hydroxylation sites is 1. The normalized spacial score (nSPS) is 14.7. The Morgan fingerprint density at radius 3 is 2.35 bits per heavy atom. The summed E-state index contributed by atoms with van der Waals surface area (Å²) in [4.78, 5) is 53.0. The molecule has 252 valence electrons. The summed E-state index contributed by atoms with van der Waals surface area (Å²) in [7, 11) is -2.76. The smallest absolute Gasteiger partial charge is 0.289 e. The first-order valence-electron chi connectivity index (χ1n) is 15.5. The van der Waals surface area contributed by atoms with Gasteiger partial charge >= 0.3 is 0 Å². The van der Waals surface area contributed by atoms with E-state index in [1.165, 1.54) is 27.7 Å². The third-order valence-corrected chi connectivity index (χ3v) is 10.5. The van der Waals surface area contributed by atoms with Crippen LogP contribution in [0.1, 0.15) is 27.2 Å². The number of pyridine rings is 1. The molecule has 0 saturated carbocycles. The molecule has 0 saturated heterocycles. The van der Waals surface area contributed by atoms with Gasteiger partial charge < -0.3 is 19.1 Å². The van der Waals surface area contributed by atoms with E-state index in [0.29, 0.717) is 29.1 Å². The van der Waals surface area contributed by atoms with Crippen molar-refractivity contribution in [3.8, 4) is 5.75 Å². The Morgan fingerprint density at radius 1 is 0.917 bits per heavy atom. The van der Waals surface area contributed by atoms with Crippen LogP contribution >= 0.6 is 0 Å². The summed E-state index contributed by atoms with van der Waals surface area (Å²) in [5.74, 6) is -0.254. The zero-order chi connectivity index (χ0) is 34.8. The molecule has 5 rings (SSSR count). The van der Waals surface area contributed by atoms with Gasteiger partial charge in [0.15, 0.2) is 4.90 Å². The zero-order valence-corrected chi connectivity index (χ0v) is 28.0. The van der Waals surface area contributed by atoms with Crippen LogP contribution in [-0.4, -0.2) is 67.3 Å². The Morgan fingerprint density at radius 2 is 1.62 bits per heavy atom. The highest BCUT2D eigenvalue weighted by atomic mass is 32.2. The Kier molecular flexibility index (Phi) is 9.69. The molecule has 0 fully saturated rings. The van der Waals surface area contributed by atoms with Gasteiger partial charge in [-0.25, -0.2) is 8.42 Å². The van der Waals surface area contributed by atoms with Crippen LogP contribution in [0.5, 0.6) is 5.75 Å². The van der Waals surface area contributed by atoms with Crippen molar-refractivity contribution in [3.63, 3.8) is 0 Å². The zero-order valence-electron chi connectivity index (χ0n) is 27.2. The summed E-state index contributed by atoms with van der Waals surface area (Å²) in [6.07, 6.45) is 1.79. The summed E-state index contributed by atoms with van der Waals surface area (Å²) in [6, 6.07) is 19.0. The minimum absolute atomic E-state index is 0.0125. The number of nitro groups is 1. The lowest BCUT2D eigenvalue weighted by Gasteiger charge is -2.27. The Bertz CT molecular complexity index is 2060. The van der Waals surface area contributed by atoms with Crippen LogP contribution in [0.3, 0.4) is 0 Å². The van der Waals surface area contributed by atoms with Crippen LogP contribution in [0, 0.1) is 15.5 Å². The number of benzene rings is 3. The van der Waals surface area contributed by atoms with Crippen molar-refractivity contribution in [2.45, 2.75) is 38.6 Å². The molecule has 1 aromatic heterocycles. The number of ether oxygens (including phenoxy) is 1. The number of anilines is 2. The number of nitrogens with zero attached hydrogens (tertiary/aromatic N) is 5. The first kappa shape index (κ1) is 34.3. The largest absolute Gasteiger partial charge is 0.493 e. The minimum Gasteiger partial charge on any atom is -0.493 e. The Labute approximate surface area is 278 Å². The van der Waals surface area contributed by atoms with Gasteiger partial charge in [-0.15, -0.1) is 0 Å².